The van der Waals surface area contributed by atoms with Crippen molar-refractivity contribution in [3.8, 4) is 11.1 Å². The van der Waals surface area contributed by atoms with E-state index in [4.69, 9.17) is 0 Å². The molecule has 2 aromatic rings. The van der Waals surface area contributed by atoms with Crippen LogP contribution in [-0.2, 0) is 9.59 Å². The van der Waals surface area contributed by atoms with Crippen molar-refractivity contribution in [2.45, 2.75) is 32.2 Å². The predicted molar refractivity (Wildman–Crippen MR) is 96.7 cm³/mol. The number of hydrogen-bond acceptors (Lipinski definition) is 3. The molecule has 1 saturated heterocycles. The largest absolute Gasteiger partial charge is 0.348 e. The van der Waals surface area contributed by atoms with Crippen LogP contribution in [0.1, 0.15) is 37.8 Å². The van der Waals surface area contributed by atoms with E-state index in [1.54, 1.807) is 11.1 Å². The van der Waals surface area contributed by atoms with Crippen LogP contribution < -0.4 is 5.32 Å². The SMILES string of the molecule is C[C@H](NC(=O)CN1CCCCC1=O)c1ccc(-c2cccnc2)cc1. The van der Waals surface area contributed by atoms with Crippen molar-refractivity contribution in [2.75, 3.05) is 13.1 Å². The molecule has 1 N–H and O–H groups in total. The summed E-state index contributed by atoms with van der Waals surface area (Å²) in [5.41, 5.74) is 3.19. The Balaban J connectivity index is 1.58. The number of hydrogen-bond donors (Lipinski definition) is 1. The molecule has 1 fully saturated rings. The summed E-state index contributed by atoms with van der Waals surface area (Å²) in [5, 5.41) is 2.98. The number of nitrogens with zero attached hydrogens (tertiary/aromatic N) is 2. The molecule has 0 saturated carbocycles. The number of amides is 2. The van der Waals surface area contributed by atoms with Gasteiger partial charge in [0, 0.05) is 25.4 Å². The highest BCUT2D eigenvalue weighted by Crippen LogP contribution is 2.21. The quantitative estimate of drug-likeness (QED) is 0.912. The summed E-state index contributed by atoms with van der Waals surface area (Å²) in [6.07, 6.45) is 6.04. The molecule has 0 radical (unpaired) electrons. The second-order valence-corrected chi connectivity index (χ2v) is 6.43. The second kappa shape index (κ2) is 7.92. The van der Waals surface area contributed by atoms with Crippen LogP contribution in [0.5, 0.6) is 0 Å². The topological polar surface area (TPSA) is 62.3 Å². The molecule has 5 heteroatoms. The summed E-state index contributed by atoms with van der Waals surface area (Å²) in [4.78, 5) is 29.8. The Morgan fingerprint density at radius 3 is 2.68 bits per heavy atom. The average Bonchev–Trinajstić information content (AvgIpc) is 2.64. The van der Waals surface area contributed by atoms with Gasteiger partial charge >= 0.3 is 0 Å². The molecular weight excluding hydrogens is 314 g/mol. The number of likely N-dealkylation sites (tertiary alicyclic amines) is 1. The third kappa shape index (κ3) is 4.44. The molecular formula is C20H23N3O2. The van der Waals surface area contributed by atoms with Crippen LogP contribution in [0.15, 0.2) is 48.8 Å². The molecule has 1 aromatic heterocycles. The fraction of sp³-hybridized carbons (Fsp3) is 0.350. The fourth-order valence-corrected chi connectivity index (χ4v) is 3.07. The molecule has 1 aromatic carbocycles. The van der Waals surface area contributed by atoms with Gasteiger partial charge in [0.2, 0.25) is 11.8 Å². The molecule has 0 bridgehead atoms. The molecule has 5 nitrogen and oxygen atoms in total. The van der Waals surface area contributed by atoms with Crippen molar-refractivity contribution >= 4 is 11.8 Å². The first kappa shape index (κ1) is 17.1. The lowest BCUT2D eigenvalue weighted by molar-refractivity contribution is -0.138. The molecule has 0 unspecified atom stereocenters. The zero-order chi connectivity index (χ0) is 17.6. The smallest absolute Gasteiger partial charge is 0.240 e. The van der Waals surface area contributed by atoms with Gasteiger partial charge in [-0.15, -0.1) is 0 Å². The fourth-order valence-electron chi connectivity index (χ4n) is 3.07. The van der Waals surface area contributed by atoms with Gasteiger partial charge in [-0.1, -0.05) is 30.3 Å². The monoisotopic (exact) mass is 337 g/mol. The minimum Gasteiger partial charge on any atom is -0.348 e. The Hall–Kier alpha value is -2.69. The minimum atomic E-state index is -0.112. The number of carbonyl (C=O) groups excluding carboxylic acids is 2. The molecule has 0 aliphatic carbocycles. The summed E-state index contributed by atoms with van der Waals surface area (Å²) in [7, 11) is 0. The third-order valence-corrected chi connectivity index (χ3v) is 4.54. The zero-order valence-corrected chi connectivity index (χ0v) is 14.4. The number of rotatable bonds is 5. The summed E-state index contributed by atoms with van der Waals surface area (Å²) < 4.78 is 0. The number of carbonyl (C=O) groups is 2. The first-order chi connectivity index (χ1) is 12.1. The minimum absolute atomic E-state index is 0.0786. The van der Waals surface area contributed by atoms with E-state index in [9.17, 15) is 9.59 Å². The Labute approximate surface area is 148 Å². The van der Waals surface area contributed by atoms with Crippen molar-refractivity contribution in [2.24, 2.45) is 0 Å². The molecule has 25 heavy (non-hydrogen) atoms. The lowest BCUT2D eigenvalue weighted by Crippen LogP contribution is -2.43. The van der Waals surface area contributed by atoms with Crippen LogP contribution in [-0.4, -0.2) is 34.8 Å². The number of nitrogens with one attached hydrogen (secondary N) is 1. The molecule has 3 rings (SSSR count). The summed E-state index contributed by atoms with van der Waals surface area (Å²) in [6.45, 7) is 2.78. The molecule has 130 valence electrons. The van der Waals surface area contributed by atoms with Crippen LogP contribution in [0.3, 0.4) is 0 Å². The standard InChI is InChI=1S/C20H23N3O2/c1-15(22-19(24)14-23-12-3-2-6-20(23)25)16-7-9-17(10-8-16)18-5-4-11-21-13-18/h4-5,7-11,13,15H,2-3,6,12,14H2,1H3,(H,22,24)/t15-/m0/s1. The van der Waals surface area contributed by atoms with E-state index < -0.39 is 0 Å². The van der Waals surface area contributed by atoms with Crippen molar-refractivity contribution in [1.82, 2.24) is 15.2 Å². The first-order valence-corrected chi connectivity index (χ1v) is 8.71. The Morgan fingerprint density at radius 1 is 1.20 bits per heavy atom. The van der Waals surface area contributed by atoms with Gasteiger partial charge in [0.1, 0.15) is 0 Å². The van der Waals surface area contributed by atoms with E-state index >= 15 is 0 Å². The first-order valence-electron chi connectivity index (χ1n) is 8.71. The Bertz CT molecular complexity index is 728. The lowest BCUT2D eigenvalue weighted by Gasteiger charge is -2.26. The summed E-state index contributed by atoms with van der Waals surface area (Å²) in [6, 6.07) is 11.9. The number of pyridine rings is 1. The highest BCUT2D eigenvalue weighted by atomic mass is 16.2. The van der Waals surface area contributed by atoms with Gasteiger partial charge in [0.15, 0.2) is 0 Å². The lowest BCUT2D eigenvalue weighted by atomic mass is 10.0. The number of aromatic nitrogens is 1. The van der Waals surface area contributed by atoms with Crippen LogP contribution in [0, 0.1) is 0 Å². The Morgan fingerprint density at radius 2 is 2.00 bits per heavy atom. The maximum Gasteiger partial charge on any atom is 0.240 e. The molecule has 2 amide bonds. The van der Waals surface area contributed by atoms with Crippen molar-refractivity contribution < 1.29 is 9.59 Å². The van der Waals surface area contributed by atoms with Crippen LogP contribution in [0.4, 0.5) is 0 Å². The van der Waals surface area contributed by atoms with E-state index in [1.165, 1.54) is 0 Å². The molecule has 1 aliphatic rings. The third-order valence-electron chi connectivity index (χ3n) is 4.54. The van der Waals surface area contributed by atoms with Crippen molar-refractivity contribution in [3.63, 3.8) is 0 Å². The van der Waals surface area contributed by atoms with Crippen LogP contribution >= 0.6 is 0 Å². The molecule has 0 spiro atoms. The number of benzene rings is 1. The van der Waals surface area contributed by atoms with Gasteiger partial charge < -0.3 is 10.2 Å². The van der Waals surface area contributed by atoms with Crippen LogP contribution in [0.2, 0.25) is 0 Å². The maximum atomic E-state index is 12.2. The van der Waals surface area contributed by atoms with Gasteiger partial charge in [0.25, 0.3) is 0 Å². The normalized spacial score (nSPS) is 15.7. The maximum absolute atomic E-state index is 12.2. The van der Waals surface area contributed by atoms with Gasteiger partial charge in [-0.3, -0.25) is 14.6 Å². The average molecular weight is 337 g/mol. The number of piperidine rings is 1. The van der Waals surface area contributed by atoms with E-state index in [2.05, 4.69) is 10.3 Å². The second-order valence-electron chi connectivity index (χ2n) is 6.43. The van der Waals surface area contributed by atoms with Crippen molar-refractivity contribution in [1.29, 1.82) is 0 Å². The van der Waals surface area contributed by atoms with Crippen molar-refractivity contribution in [3.05, 3.63) is 54.4 Å². The highest BCUT2D eigenvalue weighted by Gasteiger charge is 2.21. The van der Waals surface area contributed by atoms with Gasteiger partial charge in [-0.25, -0.2) is 0 Å². The van der Waals surface area contributed by atoms with Crippen LogP contribution in [0.25, 0.3) is 11.1 Å². The van der Waals surface area contributed by atoms with E-state index in [1.807, 2.05) is 49.5 Å². The van der Waals surface area contributed by atoms with E-state index in [0.29, 0.717) is 13.0 Å². The predicted octanol–water partition coefficient (Wildman–Crippen LogP) is 2.94. The zero-order valence-electron chi connectivity index (χ0n) is 14.4. The van der Waals surface area contributed by atoms with Gasteiger partial charge in [-0.05, 0) is 42.5 Å². The highest BCUT2D eigenvalue weighted by molar-refractivity contribution is 5.85. The van der Waals surface area contributed by atoms with E-state index in [0.717, 1.165) is 29.5 Å². The van der Waals surface area contributed by atoms with Gasteiger partial charge in [-0.2, -0.15) is 0 Å². The molecule has 1 aliphatic heterocycles. The van der Waals surface area contributed by atoms with E-state index in [-0.39, 0.29) is 24.4 Å². The summed E-state index contributed by atoms with van der Waals surface area (Å²) >= 11 is 0. The molecule has 1 atom stereocenters. The Kier molecular flexibility index (Phi) is 5.43. The summed E-state index contributed by atoms with van der Waals surface area (Å²) in [5.74, 6) is -0.0334. The molecule has 2 heterocycles. The van der Waals surface area contributed by atoms with Gasteiger partial charge in [0.05, 0.1) is 12.6 Å².